The van der Waals surface area contributed by atoms with E-state index >= 15 is 0 Å². The van der Waals surface area contributed by atoms with Crippen LogP contribution in [-0.4, -0.2) is 29.2 Å². The maximum atomic E-state index is 4.39. The summed E-state index contributed by atoms with van der Waals surface area (Å²) in [6.07, 6.45) is 4.42. The van der Waals surface area contributed by atoms with Gasteiger partial charge in [-0.2, -0.15) is 0 Å². The molecule has 0 unspecified atom stereocenters. The fourth-order valence-corrected chi connectivity index (χ4v) is 2.59. The zero-order chi connectivity index (χ0) is 12.4. The molecule has 0 atom stereocenters. The van der Waals surface area contributed by atoms with Crippen molar-refractivity contribution in [3.63, 3.8) is 0 Å². The Labute approximate surface area is 107 Å². The Bertz CT molecular complexity index is 526. The first-order valence-electron chi connectivity index (χ1n) is 6.68. The molecular formula is C14H20N4. The first-order valence-corrected chi connectivity index (χ1v) is 6.68. The van der Waals surface area contributed by atoms with Crippen LogP contribution in [0, 0.1) is 5.92 Å². The Morgan fingerprint density at radius 3 is 3.06 bits per heavy atom. The van der Waals surface area contributed by atoms with Gasteiger partial charge in [0.15, 0.2) is 0 Å². The zero-order valence-electron chi connectivity index (χ0n) is 10.8. The molecule has 0 amide bonds. The smallest absolute Gasteiger partial charge is 0.0955 e. The number of aromatic nitrogens is 2. The van der Waals surface area contributed by atoms with Crippen LogP contribution in [0.4, 0.5) is 5.69 Å². The van der Waals surface area contributed by atoms with Crippen molar-refractivity contribution in [1.82, 2.24) is 14.9 Å². The second-order valence-electron chi connectivity index (χ2n) is 5.13. The van der Waals surface area contributed by atoms with Crippen LogP contribution >= 0.6 is 0 Å². The SMILES string of the molecule is Cn1cnc2cc(NCC3CCNCC3)ccc21. The molecule has 2 aromatic rings. The number of fused-ring (bicyclic) bond motifs is 1. The fraction of sp³-hybridized carbons (Fsp3) is 0.500. The minimum absolute atomic E-state index is 0.797. The summed E-state index contributed by atoms with van der Waals surface area (Å²) in [7, 11) is 2.03. The number of nitrogens with zero attached hydrogens (tertiary/aromatic N) is 2. The molecule has 0 saturated carbocycles. The number of aryl methyl sites for hydroxylation is 1. The van der Waals surface area contributed by atoms with Gasteiger partial charge in [0.2, 0.25) is 0 Å². The second kappa shape index (κ2) is 4.98. The molecule has 4 nitrogen and oxygen atoms in total. The molecule has 0 aliphatic carbocycles. The van der Waals surface area contributed by atoms with Crippen LogP contribution in [0.5, 0.6) is 0 Å². The van der Waals surface area contributed by atoms with Crippen LogP contribution in [0.25, 0.3) is 11.0 Å². The molecule has 1 aliphatic rings. The average molecular weight is 244 g/mol. The van der Waals surface area contributed by atoms with Crippen molar-refractivity contribution in [2.24, 2.45) is 13.0 Å². The van der Waals surface area contributed by atoms with Gasteiger partial charge in [-0.05, 0) is 50.0 Å². The van der Waals surface area contributed by atoms with E-state index < -0.39 is 0 Å². The van der Waals surface area contributed by atoms with Gasteiger partial charge in [0.1, 0.15) is 0 Å². The summed E-state index contributed by atoms with van der Waals surface area (Å²) in [6.45, 7) is 3.39. The highest BCUT2D eigenvalue weighted by atomic mass is 15.0. The maximum absolute atomic E-state index is 4.39. The Morgan fingerprint density at radius 1 is 1.39 bits per heavy atom. The quantitative estimate of drug-likeness (QED) is 0.867. The number of imidazole rings is 1. The summed E-state index contributed by atoms with van der Waals surface area (Å²) < 4.78 is 2.05. The first kappa shape index (κ1) is 11.5. The van der Waals surface area contributed by atoms with Gasteiger partial charge in [0.05, 0.1) is 17.4 Å². The Morgan fingerprint density at radius 2 is 2.22 bits per heavy atom. The van der Waals surface area contributed by atoms with Crippen molar-refractivity contribution in [3.8, 4) is 0 Å². The lowest BCUT2D eigenvalue weighted by Gasteiger charge is -2.23. The van der Waals surface area contributed by atoms with Crippen molar-refractivity contribution in [1.29, 1.82) is 0 Å². The van der Waals surface area contributed by atoms with Gasteiger partial charge in [-0.1, -0.05) is 0 Å². The summed E-state index contributed by atoms with van der Waals surface area (Å²) in [5.41, 5.74) is 3.43. The number of hydrogen-bond acceptors (Lipinski definition) is 3. The van der Waals surface area contributed by atoms with Gasteiger partial charge in [-0.25, -0.2) is 4.98 Å². The third-order valence-corrected chi connectivity index (χ3v) is 3.78. The van der Waals surface area contributed by atoms with E-state index in [9.17, 15) is 0 Å². The van der Waals surface area contributed by atoms with Gasteiger partial charge < -0.3 is 15.2 Å². The number of anilines is 1. The van der Waals surface area contributed by atoms with Crippen molar-refractivity contribution in [2.45, 2.75) is 12.8 Å². The van der Waals surface area contributed by atoms with E-state index in [2.05, 4.69) is 33.8 Å². The summed E-state index contributed by atoms with van der Waals surface area (Å²) in [4.78, 5) is 4.39. The summed E-state index contributed by atoms with van der Waals surface area (Å²) in [5.74, 6) is 0.797. The molecule has 1 fully saturated rings. The third kappa shape index (κ3) is 2.34. The molecule has 0 spiro atoms. The van der Waals surface area contributed by atoms with Crippen LogP contribution < -0.4 is 10.6 Å². The largest absolute Gasteiger partial charge is 0.385 e. The zero-order valence-corrected chi connectivity index (χ0v) is 10.8. The van der Waals surface area contributed by atoms with Crippen LogP contribution in [0.15, 0.2) is 24.5 Å². The highest BCUT2D eigenvalue weighted by molar-refractivity contribution is 5.79. The van der Waals surface area contributed by atoms with E-state index in [1.165, 1.54) is 24.0 Å². The Balaban J connectivity index is 1.66. The molecule has 18 heavy (non-hydrogen) atoms. The molecular weight excluding hydrogens is 224 g/mol. The second-order valence-corrected chi connectivity index (χ2v) is 5.13. The minimum atomic E-state index is 0.797. The van der Waals surface area contributed by atoms with E-state index in [1.54, 1.807) is 0 Å². The summed E-state index contributed by atoms with van der Waals surface area (Å²) in [5, 5.41) is 6.94. The standard InChI is InChI=1S/C14H20N4/c1-18-10-17-13-8-12(2-3-14(13)18)16-9-11-4-6-15-7-5-11/h2-3,8,10-11,15-16H,4-7,9H2,1H3. The number of piperidine rings is 1. The molecule has 2 heterocycles. The van der Waals surface area contributed by atoms with E-state index in [1.807, 2.05) is 17.9 Å². The maximum Gasteiger partial charge on any atom is 0.0955 e. The number of benzene rings is 1. The number of rotatable bonds is 3. The van der Waals surface area contributed by atoms with Crippen molar-refractivity contribution in [2.75, 3.05) is 25.0 Å². The molecule has 1 aliphatic heterocycles. The molecule has 3 rings (SSSR count). The first-order chi connectivity index (χ1) is 8.83. The van der Waals surface area contributed by atoms with Crippen molar-refractivity contribution < 1.29 is 0 Å². The van der Waals surface area contributed by atoms with E-state index in [0.717, 1.165) is 31.1 Å². The number of nitrogens with one attached hydrogen (secondary N) is 2. The Hall–Kier alpha value is -1.55. The molecule has 96 valence electrons. The lowest BCUT2D eigenvalue weighted by Crippen LogP contribution is -2.31. The third-order valence-electron chi connectivity index (χ3n) is 3.78. The molecule has 0 radical (unpaired) electrons. The molecule has 2 N–H and O–H groups in total. The van der Waals surface area contributed by atoms with Crippen molar-refractivity contribution >= 4 is 16.7 Å². The van der Waals surface area contributed by atoms with Gasteiger partial charge in [0.25, 0.3) is 0 Å². The van der Waals surface area contributed by atoms with E-state index in [4.69, 9.17) is 0 Å². The lowest BCUT2D eigenvalue weighted by molar-refractivity contribution is 0.390. The molecule has 1 saturated heterocycles. The molecule has 1 aromatic heterocycles. The van der Waals surface area contributed by atoms with Crippen LogP contribution in [0.1, 0.15) is 12.8 Å². The van der Waals surface area contributed by atoms with Gasteiger partial charge in [0, 0.05) is 19.3 Å². The minimum Gasteiger partial charge on any atom is -0.385 e. The normalized spacial score (nSPS) is 17.2. The predicted octanol–water partition coefficient (Wildman–Crippen LogP) is 1.98. The summed E-state index contributed by atoms with van der Waals surface area (Å²) in [6, 6.07) is 6.41. The summed E-state index contributed by atoms with van der Waals surface area (Å²) >= 11 is 0. The van der Waals surface area contributed by atoms with Gasteiger partial charge >= 0.3 is 0 Å². The predicted molar refractivity (Wildman–Crippen MR) is 74.8 cm³/mol. The highest BCUT2D eigenvalue weighted by Crippen LogP contribution is 2.19. The van der Waals surface area contributed by atoms with E-state index in [0.29, 0.717) is 0 Å². The highest BCUT2D eigenvalue weighted by Gasteiger charge is 2.12. The lowest BCUT2D eigenvalue weighted by atomic mass is 9.98. The van der Waals surface area contributed by atoms with Crippen LogP contribution in [0.3, 0.4) is 0 Å². The van der Waals surface area contributed by atoms with E-state index in [-0.39, 0.29) is 0 Å². The topological polar surface area (TPSA) is 41.9 Å². The fourth-order valence-electron chi connectivity index (χ4n) is 2.59. The van der Waals surface area contributed by atoms with Crippen LogP contribution in [0.2, 0.25) is 0 Å². The molecule has 0 bridgehead atoms. The molecule has 4 heteroatoms. The average Bonchev–Trinajstić information content (AvgIpc) is 2.79. The monoisotopic (exact) mass is 244 g/mol. The number of hydrogen-bond donors (Lipinski definition) is 2. The Kier molecular flexibility index (Phi) is 3.19. The van der Waals surface area contributed by atoms with Gasteiger partial charge in [-0.3, -0.25) is 0 Å². The van der Waals surface area contributed by atoms with Crippen LogP contribution in [-0.2, 0) is 7.05 Å². The van der Waals surface area contributed by atoms with Gasteiger partial charge in [-0.15, -0.1) is 0 Å². The van der Waals surface area contributed by atoms with Crippen molar-refractivity contribution in [3.05, 3.63) is 24.5 Å². The molecule has 1 aromatic carbocycles.